The van der Waals surface area contributed by atoms with Crippen molar-refractivity contribution in [1.29, 1.82) is 0 Å². The quantitative estimate of drug-likeness (QED) is 0.853. The van der Waals surface area contributed by atoms with Gasteiger partial charge in [0.1, 0.15) is 6.54 Å². The molecule has 4 nitrogen and oxygen atoms in total. The minimum Gasteiger partial charge on any atom is -0.346 e. The second-order valence-corrected chi connectivity index (χ2v) is 6.14. The number of rotatable bonds is 6. The van der Waals surface area contributed by atoms with Crippen LogP contribution in [0.3, 0.4) is 0 Å². The predicted molar refractivity (Wildman–Crippen MR) is 83.9 cm³/mol. The highest BCUT2D eigenvalue weighted by molar-refractivity contribution is 5.78. The van der Waals surface area contributed by atoms with Crippen LogP contribution in [-0.4, -0.2) is 42.5 Å². The van der Waals surface area contributed by atoms with E-state index in [0.29, 0.717) is 5.91 Å². The first-order chi connectivity index (χ1) is 10.2. The second kappa shape index (κ2) is 8.13. The molecule has 0 spiro atoms. The van der Waals surface area contributed by atoms with Gasteiger partial charge in [0.05, 0.1) is 18.8 Å². The molecule has 0 bridgehead atoms. The summed E-state index contributed by atoms with van der Waals surface area (Å²) in [6.45, 7) is 6.20. The average Bonchev–Trinajstić information content (AvgIpc) is 2.53. The van der Waals surface area contributed by atoms with Crippen molar-refractivity contribution in [2.75, 3.05) is 26.7 Å². The number of hydrogen-bond donors (Lipinski definition) is 1. The maximum atomic E-state index is 12.4. The van der Waals surface area contributed by atoms with Gasteiger partial charge in [0.2, 0.25) is 5.91 Å². The Labute approximate surface area is 128 Å². The van der Waals surface area contributed by atoms with Crippen LogP contribution in [0.4, 0.5) is 0 Å². The van der Waals surface area contributed by atoms with E-state index in [9.17, 15) is 4.79 Å². The molecule has 4 heteroatoms. The lowest BCUT2D eigenvalue weighted by Crippen LogP contribution is -3.11. The van der Waals surface area contributed by atoms with Crippen LogP contribution in [0.15, 0.2) is 24.4 Å². The maximum Gasteiger partial charge on any atom is 0.225 e. The van der Waals surface area contributed by atoms with Gasteiger partial charge in [-0.15, -0.1) is 0 Å². The first-order valence-corrected chi connectivity index (χ1v) is 8.19. The first kappa shape index (κ1) is 16.0. The number of pyridine rings is 1. The number of quaternary nitrogens is 1. The van der Waals surface area contributed by atoms with Crippen LogP contribution >= 0.6 is 0 Å². The monoisotopic (exact) mass is 290 g/mol. The van der Waals surface area contributed by atoms with Crippen LogP contribution in [0.5, 0.6) is 0 Å². The molecule has 2 heterocycles. The molecule has 1 aromatic rings. The molecule has 1 N–H and O–H groups in total. The topological polar surface area (TPSA) is 37.6 Å². The van der Waals surface area contributed by atoms with E-state index in [4.69, 9.17) is 0 Å². The van der Waals surface area contributed by atoms with E-state index in [-0.39, 0.29) is 5.92 Å². The van der Waals surface area contributed by atoms with E-state index < -0.39 is 0 Å². The summed E-state index contributed by atoms with van der Waals surface area (Å²) in [6, 6.07) is 6.08. The van der Waals surface area contributed by atoms with Crippen molar-refractivity contribution in [2.45, 2.75) is 39.2 Å². The van der Waals surface area contributed by atoms with E-state index >= 15 is 0 Å². The second-order valence-electron chi connectivity index (χ2n) is 6.14. The molecule has 0 unspecified atom stereocenters. The van der Waals surface area contributed by atoms with Gasteiger partial charge in [0.15, 0.2) is 0 Å². The number of amides is 1. The molecule has 1 aliphatic rings. The zero-order valence-corrected chi connectivity index (χ0v) is 13.3. The maximum absolute atomic E-state index is 12.4. The smallest absolute Gasteiger partial charge is 0.225 e. The fourth-order valence-corrected chi connectivity index (χ4v) is 3.03. The zero-order chi connectivity index (χ0) is 15.1. The highest BCUT2D eigenvalue weighted by atomic mass is 16.2. The molecule has 0 aromatic carbocycles. The molecule has 116 valence electrons. The number of unbranched alkanes of at least 4 members (excludes halogenated alkanes) is 1. The van der Waals surface area contributed by atoms with Crippen molar-refractivity contribution in [3.8, 4) is 0 Å². The third-order valence-corrected chi connectivity index (χ3v) is 4.42. The van der Waals surface area contributed by atoms with Crippen LogP contribution in [-0.2, 0) is 11.3 Å². The Bertz CT molecular complexity index is 427. The lowest BCUT2D eigenvalue weighted by Gasteiger charge is -2.30. The molecular formula is C17H28N3O+. The van der Waals surface area contributed by atoms with Crippen LogP contribution in [0.2, 0.25) is 0 Å². The molecule has 0 radical (unpaired) electrons. The summed E-state index contributed by atoms with van der Waals surface area (Å²) < 4.78 is 0. The van der Waals surface area contributed by atoms with Gasteiger partial charge in [-0.1, -0.05) is 19.4 Å². The highest BCUT2D eigenvalue weighted by Crippen LogP contribution is 2.13. The molecular weight excluding hydrogens is 262 g/mol. The van der Waals surface area contributed by atoms with Gasteiger partial charge in [0, 0.05) is 38.5 Å². The molecule has 2 rings (SSSR count). The Morgan fingerprint density at radius 2 is 2.14 bits per heavy atom. The fourth-order valence-electron chi connectivity index (χ4n) is 3.03. The summed E-state index contributed by atoms with van der Waals surface area (Å²) in [6.07, 6.45) is 6.12. The zero-order valence-electron chi connectivity index (χ0n) is 13.3. The van der Waals surface area contributed by atoms with Crippen molar-refractivity contribution < 1.29 is 9.69 Å². The van der Waals surface area contributed by atoms with Crippen LogP contribution in [0.1, 0.15) is 38.3 Å². The minimum atomic E-state index is 0.235. The number of nitrogens with one attached hydrogen (secondary N) is 1. The molecule has 0 atom stereocenters. The number of nitrogens with zero attached hydrogens (tertiary/aromatic N) is 2. The summed E-state index contributed by atoms with van der Waals surface area (Å²) in [5.41, 5.74) is 1.15. The van der Waals surface area contributed by atoms with E-state index in [1.165, 1.54) is 0 Å². The van der Waals surface area contributed by atoms with Crippen molar-refractivity contribution in [2.24, 2.45) is 5.92 Å². The van der Waals surface area contributed by atoms with Crippen molar-refractivity contribution >= 4 is 5.91 Å². The molecule has 0 aliphatic carbocycles. The third kappa shape index (κ3) is 4.81. The van der Waals surface area contributed by atoms with E-state index in [2.05, 4.69) is 18.0 Å². The van der Waals surface area contributed by atoms with Gasteiger partial charge in [-0.2, -0.15) is 0 Å². The molecule has 1 aliphatic heterocycles. The van der Waals surface area contributed by atoms with Crippen molar-refractivity contribution in [3.05, 3.63) is 30.1 Å². The van der Waals surface area contributed by atoms with E-state index in [0.717, 1.165) is 57.6 Å². The molecule has 21 heavy (non-hydrogen) atoms. The summed E-state index contributed by atoms with van der Waals surface area (Å²) in [7, 11) is 1.95. The number of hydrogen-bond acceptors (Lipinski definition) is 2. The lowest BCUT2D eigenvalue weighted by atomic mass is 9.95. The van der Waals surface area contributed by atoms with Gasteiger partial charge < -0.3 is 9.80 Å². The molecule has 1 fully saturated rings. The van der Waals surface area contributed by atoms with Gasteiger partial charge in [-0.25, -0.2) is 0 Å². The first-order valence-electron chi connectivity index (χ1n) is 8.19. The largest absolute Gasteiger partial charge is 0.346 e. The summed E-state index contributed by atoms with van der Waals surface area (Å²) in [5, 5.41) is 0. The standard InChI is InChI=1S/C17H27N3O/c1-3-4-11-19(2)17(21)15-8-12-20(13-9-15)14-16-7-5-6-10-18-16/h5-7,10,15H,3-4,8-9,11-14H2,1-2H3/p+1. The van der Waals surface area contributed by atoms with Gasteiger partial charge in [-0.3, -0.25) is 9.78 Å². The Balaban J connectivity index is 1.76. The van der Waals surface area contributed by atoms with Gasteiger partial charge in [0.25, 0.3) is 0 Å². The minimum absolute atomic E-state index is 0.235. The summed E-state index contributed by atoms with van der Waals surface area (Å²) in [4.78, 5) is 20.2. The summed E-state index contributed by atoms with van der Waals surface area (Å²) in [5.74, 6) is 0.583. The number of aromatic nitrogens is 1. The number of piperidine rings is 1. The van der Waals surface area contributed by atoms with Crippen LogP contribution in [0, 0.1) is 5.92 Å². The van der Waals surface area contributed by atoms with Gasteiger partial charge in [-0.05, 0) is 18.6 Å². The fraction of sp³-hybridized carbons (Fsp3) is 0.647. The number of carbonyl (C=O) groups is 1. The third-order valence-electron chi connectivity index (χ3n) is 4.42. The molecule has 1 saturated heterocycles. The van der Waals surface area contributed by atoms with E-state index in [1.54, 1.807) is 4.90 Å². The molecule has 1 aromatic heterocycles. The average molecular weight is 290 g/mol. The van der Waals surface area contributed by atoms with Crippen LogP contribution < -0.4 is 4.90 Å². The Kier molecular flexibility index (Phi) is 6.18. The predicted octanol–water partition coefficient (Wildman–Crippen LogP) is 1.14. The van der Waals surface area contributed by atoms with E-state index in [1.807, 2.05) is 30.3 Å². The SMILES string of the molecule is CCCCN(C)C(=O)C1CC[NH+](Cc2ccccn2)CC1. The summed E-state index contributed by atoms with van der Waals surface area (Å²) >= 11 is 0. The Morgan fingerprint density at radius 1 is 1.38 bits per heavy atom. The van der Waals surface area contributed by atoms with Gasteiger partial charge >= 0.3 is 0 Å². The Hall–Kier alpha value is -1.42. The molecule has 1 amide bonds. The highest BCUT2D eigenvalue weighted by Gasteiger charge is 2.29. The van der Waals surface area contributed by atoms with Crippen molar-refractivity contribution in [3.63, 3.8) is 0 Å². The number of likely N-dealkylation sites (tertiary alicyclic amines) is 1. The number of carbonyl (C=O) groups excluding carboxylic acids is 1. The van der Waals surface area contributed by atoms with Crippen molar-refractivity contribution in [1.82, 2.24) is 9.88 Å². The lowest BCUT2D eigenvalue weighted by molar-refractivity contribution is -0.919. The molecule has 0 saturated carbocycles. The Morgan fingerprint density at radius 3 is 2.76 bits per heavy atom. The normalized spacial score (nSPS) is 22.0. The van der Waals surface area contributed by atoms with Crippen LogP contribution in [0.25, 0.3) is 0 Å².